The Kier molecular flexibility index (Phi) is 5.92. The summed E-state index contributed by atoms with van der Waals surface area (Å²) < 4.78 is 5.55. The first-order chi connectivity index (χ1) is 11.1. The molecule has 0 saturated carbocycles. The van der Waals surface area contributed by atoms with E-state index in [0.717, 1.165) is 11.3 Å². The molecule has 1 atom stereocenters. The second-order valence-corrected chi connectivity index (χ2v) is 5.61. The molecule has 2 rings (SSSR count). The summed E-state index contributed by atoms with van der Waals surface area (Å²) in [5, 5.41) is 4.04. The molecule has 0 spiro atoms. The highest BCUT2D eigenvalue weighted by molar-refractivity contribution is 5.94. The molecule has 0 aromatic heterocycles. The van der Waals surface area contributed by atoms with Crippen molar-refractivity contribution in [2.24, 2.45) is 5.10 Å². The van der Waals surface area contributed by atoms with Gasteiger partial charge in [-0.1, -0.05) is 37.3 Å². The van der Waals surface area contributed by atoms with Gasteiger partial charge in [-0.3, -0.25) is 4.79 Å². The zero-order valence-corrected chi connectivity index (χ0v) is 13.7. The number of nitrogens with one attached hydrogen (secondary N) is 1. The van der Waals surface area contributed by atoms with E-state index in [0.29, 0.717) is 5.56 Å². The predicted octanol–water partition coefficient (Wildman–Crippen LogP) is 3.99. The van der Waals surface area contributed by atoms with Gasteiger partial charge in [0, 0.05) is 17.7 Å². The van der Waals surface area contributed by atoms with E-state index in [9.17, 15) is 4.79 Å². The topological polar surface area (TPSA) is 50.7 Å². The minimum atomic E-state index is -0.238. The molecule has 0 radical (unpaired) electrons. The van der Waals surface area contributed by atoms with Gasteiger partial charge in [0.2, 0.25) is 0 Å². The van der Waals surface area contributed by atoms with Crippen LogP contribution in [0.1, 0.15) is 42.6 Å². The van der Waals surface area contributed by atoms with Gasteiger partial charge < -0.3 is 4.74 Å². The molecule has 2 aromatic carbocycles. The lowest BCUT2D eigenvalue weighted by Gasteiger charge is -2.09. The summed E-state index contributed by atoms with van der Waals surface area (Å²) in [6.07, 6.45) is 1.84. The molecule has 0 heterocycles. The first kappa shape index (κ1) is 16.7. The Hall–Kier alpha value is -2.62. The van der Waals surface area contributed by atoms with E-state index in [1.54, 1.807) is 30.5 Å². The summed E-state index contributed by atoms with van der Waals surface area (Å²) >= 11 is 0. The molecule has 0 aliphatic carbocycles. The number of nitrogens with zero attached hydrogens (tertiary/aromatic N) is 1. The van der Waals surface area contributed by atoms with Gasteiger partial charge in [0.1, 0.15) is 5.75 Å². The third-order valence-electron chi connectivity index (χ3n) is 3.28. The van der Waals surface area contributed by atoms with Crippen LogP contribution < -0.4 is 10.2 Å². The van der Waals surface area contributed by atoms with E-state index < -0.39 is 0 Å². The average molecular weight is 310 g/mol. The highest BCUT2D eigenvalue weighted by Crippen LogP contribution is 2.14. The van der Waals surface area contributed by atoms with Gasteiger partial charge in [0.05, 0.1) is 6.10 Å². The molecule has 1 N–H and O–H groups in total. The van der Waals surface area contributed by atoms with E-state index in [-0.39, 0.29) is 17.9 Å². The third kappa shape index (κ3) is 5.25. The molecule has 2 aromatic rings. The summed E-state index contributed by atoms with van der Waals surface area (Å²) in [6, 6.07) is 17.0. The Morgan fingerprint density at radius 2 is 1.70 bits per heavy atom. The van der Waals surface area contributed by atoms with Crippen molar-refractivity contribution in [2.75, 3.05) is 0 Å². The maximum Gasteiger partial charge on any atom is 0.271 e. The van der Waals surface area contributed by atoms with Crippen molar-refractivity contribution in [1.82, 2.24) is 5.43 Å². The Bertz CT molecular complexity index is 649. The molecule has 4 heteroatoms. The highest BCUT2D eigenvalue weighted by Gasteiger charge is 2.06. The molecule has 0 bridgehead atoms. The number of ether oxygens (including phenoxy) is 1. The monoisotopic (exact) mass is 310 g/mol. The largest absolute Gasteiger partial charge is 0.491 e. The van der Waals surface area contributed by atoms with Crippen LogP contribution in [0.15, 0.2) is 59.7 Å². The molecule has 0 saturated heterocycles. The van der Waals surface area contributed by atoms with E-state index >= 15 is 0 Å². The van der Waals surface area contributed by atoms with Crippen LogP contribution in [0.25, 0.3) is 0 Å². The summed E-state index contributed by atoms with van der Waals surface area (Å²) in [7, 11) is 0. The van der Waals surface area contributed by atoms with Crippen molar-refractivity contribution in [1.29, 1.82) is 0 Å². The summed E-state index contributed by atoms with van der Waals surface area (Å²) in [6.45, 7) is 5.95. The minimum absolute atomic E-state index is 0.110. The minimum Gasteiger partial charge on any atom is -0.491 e. The zero-order chi connectivity index (χ0) is 16.7. The average Bonchev–Trinajstić information content (AvgIpc) is 2.55. The lowest BCUT2D eigenvalue weighted by molar-refractivity contribution is 0.0955. The first-order valence-corrected chi connectivity index (χ1v) is 7.71. The number of carbonyl (C=O) groups excluding carboxylic acids is 1. The molecule has 0 fully saturated rings. The second kappa shape index (κ2) is 8.13. The van der Waals surface area contributed by atoms with Gasteiger partial charge >= 0.3 is 0 Å². The van der Waals surface area contributed by atoms with Crippen LogP contribution in [0.5, 0.6) is 5.75 Å². The van der Waals surface area contributed by atoms with E-state index in [1.807, 2.05) is 51.1 Å². The molecule has 1 amide bonds. The highest BCUT2D eigenvalue weighted by atomic mass is 16.5. The SMILES string of the molecule is CC(C)Oc1ccc(C(=O)N/N=C\[C@@H](C)c2ccccc2)cc1. The summed E-state index contributed by atoms with van der Waals surface area (Å²) in [4.78, 5) is 12.0. The van der Waals surface area contributed by atoms with E-state index in [2.05, 4.69) is 10.5 Å². The number of hydrogen-bond acceptors (Lipinski definition) is 3. The third-order valence-corrected chi connectivity index (χ3v) is 3.28. The molecule has 23 heavy (non-hydrogen) atoms. The number of carbonyl (C=O) groups is 1. The molecular formula is C19H22N2O2. The van der Waals surface area contributed by atoms with Crippen LogP contribution in [-0.4, -0.2) is 18.2 Å². The predicted molar refractivity (Wildman–Crippen MR) is 93.0 cm³/mol. The Balaban J connectivity index is 1.90. The Morgan fingerprint density at radius 1 is 1.04 bits per heavy atom. The fourth-order valence-corrected chi connectivity index (χ4v) is 2.07. The van der Waals surface area contributed by atoms with Crippen molar-refractivity contribution >= 4 is 12.1 Å². The first-order valence-electron chi connectivity index (χ1n) is 7.71. The smallest absolute Gasteiger partial charge is 0.271 e. The van der Waals surface area contributed by atoms with Crippen molar-refractivity contribution in [2.45, 2.75) is 32.8 Å². The molecule has 0 aliphatic rings. The van der Waals surface area contributed by atoms with E-state index in [1.165, 1.54) is 0 Å². The normalized spacial score (nSPS) is 12.3. The van der Waals surface area contributed by atoms with Crippen LogP contribution in [0.4, 0.5) is 0 Å². The number of benzene rings is 2. The van der Waals surface area contributed by atoms with Crippen LogP contribution in [0.2, 0.25) is 0 Å². The number of rotatable bonds is 6. The maximum atomic E-state index is 12.0. The van der Waals surface area contributed by atoms with Crippen LogP contribution in [-0.2, 0) is 0 Å². The molecule has 0 unspecified atom stereocenters. The lowest BCUT2D eigenvalue weighted by Crippen LogP contribution is -2.18. The fraction of sp³-hybridized carbons (Fsp3) is 0.263. The van der Waals surface area contributed by atoms with Gasteiger partial charge in [0.15, 0.2) is 0 Å². The Morgan fingerprint density at radius 3 is 2.30 bits per heavy atom. The van der Waals surface area contributed by atoms with Gasteiger partial charge in [-0.05, 0) is 43.7 Å². The van der Waals surface area contributed by atoms with Crippen LogP contribution >= 0.6 is 0 Å². The Labute approximate surface area is 137 Å². The van der Waals surface area contributed by atoms with Crippen LogP contribution in [0.3, 0.4) is 0 Å². The molecule has 0 aliphatic heterocycles. The molecule has 4 nitrogen and oxygen atoms in total. The zero-order valence-electron chi connectivity index (χ0n) is 13.7. The van der Waals surface area contributed by atoms with Gasteiger partial charge in [0.25, 0.3) is 5.91 Å². The standard InChI is InChI=1S/C19H22N2O2/c1-14(2)23-18-11-9-17(10-12-18)19(22)21-20-13-15(3)16-7-5-4-6-8-16/h4-15H,1-3H3,(H,21,22)/b20-13-/t15-/m1/s1. The number of hydrazone groups is 1. The number of hydrogen-bond donors (Lipinski definition) is 1. The molecular weight excluding hydrogens is 288 g/mol. The number of amides is 1. The maximum absolute atomic E-state index is 12.0. The lowest BCUT2D eigenvalue weighted by atomic mass is 10.0. The van der Waals surface area contributed by atoms with Crippen molar-refractivity contribution in [3.05, 3.63) is 65.7 Å². The van der Waals surface area contributed by atoms with Crippen LogP contribution in [0, 0.1) is 0 Å². The van der Waals surface area contributed by atoms with Gasteiger partial charge in [-0.25, -0.2) is 5.43 Å². The van der Waals surface area contributed by atoms with Gasteiger partial charge in [-0.15, -0.1) is 0 Å². The van der Waals surface area contributed by atoms with Crippen molar-refractivity contribution in [3.8, 4) is 5.75 Å². The fourth-order valence-electron chi connectivity index (χ4n) is 2.07. The summed E-state index contributed by atoms with van der Waals surface area (Å²) in [5.41, 5.74) is 4.25. The van der Waals surface area contributed by atoms with Gasteiger partial charge in [-0.2, -0.15) is 5.10 Å². The molecule has 120 valence electrons. The second-order valence-electron chi connectivity index (χ2n) is 5.61. The van der Waals surface area contributed by atoms with Crippen molar-refractivity contribution < 1.29 is 9.53 Å². The van der Waals surface area contributed by atoms with E-state index in [4.69, 9.17) is 4.74 Å². The summed E-state index contributed by atoms with van der Waals surface area (Å²) in [5.74, 6) is 0.647. The quantitative estimate of drug-likeness (QED) is 0.648. The van der Waals surface area contributed by atoms with Crippen molar-refractivity contribution in [3.63, 3.8) is 0 Å².